The van der Waals surface area contributed by atoms with Crippen LogP contribution >= 0.6 is 11.6 Å². The maximum absolute atomic E-state index is 13.5. The van der Waals surface area contributed by atoms with Gasteiger partial charge in [0.05, 0.1) is 24.0 Å². The maximum atomic E-state index is 13.5. The molecule has 0 unspecified atom stereocenters. The minimum absolute atomic E-state index is 0.0981. The summed E-state index contributed by atoms with van der Waals surface area (Å²) in [7, 11) is -2.48. The number of carbonyl (C=O) groups excluding carboxylic acids is 1. The molecule has 2 aliphatic heterocycles. The zero-order valence-corrected chi connectivity index (χ0v) is 27.3. The van der Waals surface area contributed by atoms with Crippen molar-refractivity contribution in [3.05, 3.63) is 70.3 Å². The van der Waals surface area contributed by atoms with Gasteiger partial charge in [-0.25, -0.2) is 13.1 Å². The van der Waals surface area contributed by atoms with E-state index in [4.69, 9.17) is 21.1 Å². The second-order valence-electron chi connectivity index (χ2n) is 13.6. The number of nitrogens with one attached hydrogen (secondary N) is 1. The molecule has 2 heterocycles. The Bertz CT molecular complexity index is 1550. The monoisotopic (exact) mass is 642 g/mol. The van der Waals surface area contributed by atoms with Crippen LogP contribution in [0.4, 0.5) is 5.69 Å². The first-order chi connectivity index (χ1) is 20.9. The standard InChI is InChI=1S/C34H43ClN2O6S/c1-33(2,39)31-9-5-4-8-29(42-3)26-13-10-24(26)19-37-20-34(16-6-7-22-17-25(35)12-14-27(22)34)21-43-30-15-11-23(18-28(30)37)32(38)36-44(31,40)41/h4,8,11-12,14-15,17-18,24,26,29,31,39H,5-7,9-10,13,16,19-21H2,1-3H3,(H,36,38)/b8-4+/t24-,26+,29-,31+,34-/m0/s1. The average molecular weight is 643 g/mol. The van der Waals surface area contributed by atoms with Gasteiger partial charge in [-0.15, -0.1) is 0 Å². The number of methoxy groups -OCH3 is 1. The van der Waals surface area contributed by atoms with Crippen LogP contribution in [-0.4, -0.2) is 63.2 Å². The maximum Gasteiger partial charge on any atom is 0.264 e. The number of allylic oxidation sites excluding steroid dienone is 1. The summed E-state index contributed by atoms with van der Waals surface area (Å²) in [5.41, 5.74) is 1.72. The van der Waals surface area contributed by atoms with E-state index in [0.29, 0.717) is 37.2 Å². The number of carbonyl (C=O) groups is 1. The molecule has 8 nitrogen and oxygen atoms in total. The van der Waals surface area contributed by atoms with E-state index >= 15 is 0 Å². The lowest BCUT2D eigenvalue weighted by Gasteiger charge is -2.46. The molecular weight excluding hydrogens is 600 g/mol. The largest absolute Gasteiger partial charge is 0.490 e. The predicted octanol–water partition coefficient (Wildman–Crippen LogP) is 5.40. The normalized spacial score (nSPS) is 31.0. The third-order valence-corrected chi connectivity index (χ3v) is 12.5. The smallest absolute Gasteiger partial charge is 0.264 e. The summed E-state index contributed by atoms with van der Waals surface area (Å²) >= 11 is 6.41. The number of rotatable bonds is 2. The average Bonchev–Trinajstić information content (AvgIpc) is 3.09. The van der Waals surface area contributed by atoms with Crippen LogP contribution in [0.3, 0.4) is 0 Å². The van der Waals surface area contributed by atoms with E-state index in [1.165, 1.54) is 25.0 Å². The van der Waals surface area contributed by atoms with Crippen LogP contribution in [0.1, 0.15) is 73.9 Å². The van der Waals surface area contributed by atoms with E-state index in [2.05, 4.69) is 21.8 Å². The zero-order valence-electron chi connectivity index (χ0n) is 25.7. The van der Waals surface area contributed by atoms with Crippen molar-refractivity contribution in [2.45, 2.75) is 81.2 Å². The molecule has 2 bridgehead atoms. The molecule has 2 N–H and O–H groups in total. The van der Waals surface area contributed by atoms with Crippen molar-refractivity contribution in [1.82, 2.24) is 4.72 Å². The van der Waals surface area contributed by atoms with E-state index in [1.807, 2.05) is 18.2 Å². The highest BCUT2D eigenvalue weighted by atomic mass is 35.5. The highest BCUT2D eigenvalue weighted by Gasteiger charge is 2.45. The summed E-state index contributed by atoms with van der Waals surface area (Å²) in [5.74, 6) is 0.639. The van der Waals surface area contributed by atoms with E-state index in [9.17, 15) is 18.3 Å². The SMILES string of the molecule is CO[C@H]1/C=C/CC[C@H](C(C)(C)O)S(=O)(=O)NC(=O)c2ccc3c(c2)N(C[C@@H]2CC[C@H]21)C[C@@]1(CCCc2cc(Cl)ccc21)CO3. The topological polar surface area (TPSA) is 105 Å². The number of hydrogen-bond donors (Lipinski definition) is 2. The van der Waals surface area contributed by atoms with Crippen molar-refractivity contribution >= 4 is 33.2 Å². The summed E-state index contributed by atoms with van der Waals surface area (Å²) < 4.78 is 41.7. The third-order valence-electron chi connectivity index (χ3n) is 10.2. The van der Waals surface area contributed by atoms with Gasteiger partial charge in [-0.2, -0.15) is 0 Å². The highest BCUT2D eigenvalue weighted by molar-refractivity contribution is 7.90. The molecule has 2 aromatic carbocycles. The summed E-state index contributed by atoms with van der Waals surface area (Å²) in [6.45, 7) is 4.89. The molecule has 2 aromatic rings. The molecule has 1 saturated carbocycles. The Hall–Kier alpha value is -2.59. The number of benzene rings is 2. The minimum Gasteiger partial charge on any atom is -0.490 e. The number of hydrogen-bond acceptors (Lipinski definition) is 7. The molecule has 44 heavy (non-hydrogen) atoms. The quantitative estimate of drug-likeness (QED) is 0.423. The zero-order chi connectivity index (χ0) is 31.3. The van der Waals surface area contributed by atoms with Gasteiger partial charge in [0.25, 0.3) is 5.91 Å². The number of aliphatic hydroxyl groups is 1. The van der Waals surface area contributed by atoms with Crippen molar-refractivity contribution in [3.63, 3.8) is 0 Å². The molecule has 0 radical (unpaired) electrons. The molecule has 1 fully saturated rings. The van der Waals surface area contributed by atoms with Gasteiger partial charge in [-0.3, -0.25) is 4.79 Å². The number of anilines is 1. The molecule has 2 aliphatic carbocycles. The van der Waals surface area contributed by atoms with Gasteiger partial charge >= 0.3 is 0 Å². The molecule has 4 aliphatic rings. The lowest BCUT2D eigenvalue weighted by atomic mass is 9.68. The van der Waals surface area contributed by atoms with Crippen LogP contribution < -0.4 is 14.4 Å². The van der Waals surface area contributed by atoms with Gasteiger partial charge in [-0.05, 0) is 112 Å². The number of ether oxygens (including phenoxy) is 2. The second kappa shape index (κ2) is 12.0. The van der Waals surface area contributed by atoms with E-state index in [1.54, 1.807) is 25.3 Å². The van der Waals surface area contributed by atoms with Crippen LogP contribution in [0, 0.1) is 11.8 Å². The number of sulfonamides is 1. The summed E-state index contributed by atoms with van der Waals surface area (Å²) in [6.07, 6.45) is 9.55. The van der Waals surface area contributed by atoms with E-state index < -0.39 is 26.8 Å². The van der Waals surface area contributed by atoms with E-state index in [-0.39, 0.29) is 23.5 Å². The number of aryl methyl sites for hydroxylation is 1. The molecule has 6 rings (SSSR count). The summed E-state index contributed by atoms with van der Waals surface area (Å²) in [4.78, 5) is 15.9. The van der Waals surface area contributed by atoms with Crippen molar-refractivity contribution in [2.24, 2.45) is 11.8 Å². The van der Waals surface area contributed by atoms with Gasteiger partial charge in [0.2, 0.25) is 10.0 Å². The number of nitrogens with zero attached hydrogens (tertiary/aromatic N) is 1. The molecule has 5 atom stereocenters. The molecule has 1 amide bonds. The molecule has 238 valence electrons. The first-order valence-electron chi connectivity index (χ1n) is 15.7. The molecule has 0 saturated heterocycles. The summed E-state index contributed by atoms with van der Waals surface area (Å²) in [6, 6.07) is 11.3. The second-order valence-corrected chi connectivity index (χ2v) is 15.9. The lowest BCUT2D eigenvalue weighted by molar-refractivity contribution is 0.0131. The predicted molar refractivity (Wildman–Crippen MR) is 172 cm³/mol. The lowest BCUT2D eigenvalue weighted by Crippen LogP contribution is -2.50. The third kappa shape index (κ3) is 6.00. The van der Waals surface area contributed by atoms with Crippen molar-refractivity contribution in [2.75, 3.05) is 31.7 Å². The van der Waals surface area contributed by atoms with Gasteiger partial charge < -0.3 is 19.5 Å². The Labute approximate surface area is 265 Å². The van der Waals surface area contributed by atoms with Crippen LogP contribution in [0.2, 0.25) is 5.02 Å². The molecule has 0 aromatic heterocycles. The van der Waals surface area contributed by atoms with Gasteiger partial charge in [0.15, 0.2) is 0 Å². The van der Waals surface area contributed by atoms with Gasteiger partial charge in [-0.1, -0.05) is 29.8 Å². The first kappa shape index (κ1) is 31.4. The van der Waals surface area contributed by atoms with Gasteiger partial charge in [0.1, 0.15) is 11.0 Å². The Morgan fingerprint density at radius 3 is 2.70 bits per heavy atom. The van der Waals surface area contributed by atoms with E-state index in [0.717, 1.165) is 49.4 Å². The molecular formula is C34H43ClN2O6S. The Morgan fingerprint density at radius 1 is 1.16 bits per heavy atom. The number of fused-ring (bicyclic) bond motifs is 4. The highest BCUT2D eigenvalue weighted by Crippen LogP contribution is 2.47. The first-order valence-corrected chi connectivity index (χ1v) is 17.6. The Morgan fingerprint density at radius 2 is 1.98 bits per heavy atom. The fourth-order valence-corrected chi connectivity index (χ4v) is 9.73. The fraction of sp³-hybridized carbons (Fsp3) is 0.559. The molecule has 1 spiro atoms. The van der Waals surface area contributed by atoms with Crippen LogP contribution in [0.15, 0.2) is 48.6 Å². The van der Waals surface area contributed by atoms with Crippen LogP contribution in [0.25, 0.3) is 0 Å². The van der Waals surface area contributed by atoms with Crippen LogP contribution in [-0.2, 0) is 26.6 Å². The minimum atomic E-state index is -4.21. The number of amides is 1. The van der Waals surface area contributed by atoms with Gasteiger partial charge in [0, 0.05) is 36.2 Å². The van der Waals surface area contributed by atoms with Crippen molar-refractivity contribution < 1.29 is 27.8 Å². The number of halogens is 1. The van der Waals surface area contributed by atoms with Crippen molar-refractivity contribution in [3.8, 4) is 5.75 Å². The van der Waals surface area contributed by atoms with Crippen molar-refractivity contribution in [1.29, 1.82) is 0 Å². The Balaban J connectivity index is 1.43. The summed E-state index contributed by atoms with van der Waals surface area (Å²) in [5, 5.41) is 10.4. The molecule has 10 heteroatoms. The van der Waals surface area contributed by atoms with Crippen LogP contribution in [0.5, 0.6) is 5.75 Å². The Kier molecular flexibility index (Phi) is 8.54. The fourth-order valence-electron chi connectivity index (χ4n) is 7.81.